The molecule has 0 amide bonds. The molecule has 0 aromatic rings. The van der Waals surface area contributed by atoms with E-state index in [-0.39, 0.29) is 18.9 Å². The van der Waals surface area contributed by atoms with Gasteiger partial charge in [-0.25, -0.2) is 0 Å². The second-order valence-electron chi connectivity index (χ2n) is 3.62. The van der Waals surface area contributed by atoms with Crippen molar-refractivity contribution in [2.45, 2.75) is 38.5 Å². The second kappa shape index (κ2) is 4.77. The van der Waals surface area contributed by atoms with E-state index in [1.54, 1.807) is 0 Å². The Morgan fingerprint density at radius 3 is 2.25 bits per heavy atom. The number of aliphatic hydroxyl groups is 3. The lowest BCUT2D eigenvalue weighted by Gasteiger charge is -2.29. The molecule has 5 N–H and O–H groups in total. The molecule has 0 saturated heterocycles. The van der Waals surface area contributed by atoms with Crippen LogP contribution in [-0.4, -0.2) is 33.8 Å². The van der Waals surface area contributed by atoms with Gasteiger partial charge < -0.3 is 21.1 Å². The molecule has 0 bridgehead atoms. The quantitative estimate of drug-likeness (QED) is 0.423. The lowest BCUT2D eigenvalue weighted by atomic mass is 9.94. The molecule has 0 rings (SSSR count). The van der Waals surface area contributed by atoms with Crippen LogP contribution in [0.1, 0.15) is 26.7 Å². The van der Waals surface area contributed by atoms with E-state index in [1.165, 1.54) is 0 Å². The molecule has 0 aromatic carbocycles. The van der Waals surface area contributed by atoms with Crippen LogP contribution in [0.2, 0.25) is 0 Å². The summed E-state index contributed by atoms with van der Waals surface area (Å²) in [5.74, 6) is 0.216. The van der Waals surface area contributed by atoms with E-state index in [0.29, 0.717) is 6.42 Å². The van der Waals surface area contributed by atoms with E-state index in [4.69, 9.17) is 10.8 Å². The van der Waals surface area contributed by atoms with Gasteiger partial charge in [-0.15, -0.1) is 0 Å². The van der Waals surface area contributed by atoms with Gasteiger partial charge in [0.2, 0.25) is 0 Å². The van der Waals surface area contributed by atoms with Crippen molar-refractivity contribution in [2.24, 2.45) is 11.7 Å². The van der Waals surface area contributed by atoms with Crippen molar-refractivity contribution in [1.29, 1.82) is 0 Å². The van der Waals surface area contributed by atoms with Crippen molar-refractivity contribution in [3.05, 3.63) is 0 Å². The van der Waals surface area contributed by atoms with Gasteiger partial charge >= 0.3 is 0 Å². The second-order valence-corrected chi connectivity index (χ2v) is 3.62. The summed E-state index contributed by atoms with van der Waals surface area (Å²) in [7, 11) is 0. The van der Waals surface area contributed by atoms with E-state index >= 15 is 0 Å². The Kier molecular flexibility index (Phi) is 4.70. The minimum Gasteiger partial charge on any atom is -0.396 e. The van der Waals surface area contributed by atoms with Gasteiger partial charge in [0.05, 0.1) is 6.10 Å². The summed E-state index contributed by atoms with van der Waals surface area (Å²) in [4.78, 5) is 0. The first-order chi connectivity index (χ1) is 5.40. The molecule has 4 heteroatoms. The molecule has 0 radical (unpaired) electrons. The molecule has 0 saturated carbocycles. The van der Waals surface area contributed by atoms with E-state index in [0.717, 1.165) is 0 Å². The van der Waals surface area contributed by atoms with Gasteiger partial charge in [-0.3, -0.25) is 0 Å². The van der Waals surface area contributed by atoms with Gasteiger partial charge in [0, 0.05) is 13.0 Å². The van der Waals surface area contributed by atoms with Gasteiger partial charge in [-0.1, -0.05) is 13.8 Å². The fourth-order valence-corrected chi connectivity index (χ4v) is 1.16. The molecule has 0 aliphatic carbocycles. The first-order valence-corrected chi connectivity index (χ1v) is 4.20. The summed E-state index contributed by atoms with van der Waals surface area (Å²) in [6.45, 7) is 3.64. The van der Waals surface area contributed by atoms with Crippen molar-refractivity contribution in [1.82, 2.24) is 0 Å². The average molecular weight is 177 g/mol. The van der Waals surface area contributed by atoms with Crippen LogP contribution in [0.3, 0.4) is 0 Å². The van der Waals surface area contributed by atoms with Crippen molar-refractivity contribution < 1.29 is 15.3 Å². The Bertz CT molecular complexity index is 125. The monoisotopic (exact) mass is 177 g/mol. The fourth-order valence-electron chi connectivity index (χ4n) is 1.16. The van der Waals surface area contributed by atoms with Gasteiger partial charge in [-0.05, 0) is 12.3 Å². The molecule has 2 unspecified atom stereocenters. The zero-order chi connectivity index (χ0) is 9.78. The van der Waals surface area contributed by atoms with Gasteiger partial charge in [-0.2, -0.15) is 0 Å². The molecule has 0 fully saturated rings. The zero-order valence-electron chi connectivity index (χ0n) is 7.70. The highest BCUT2D eigenvalue weighted by Gasteiger charge is 2.31. The third kappa shape index (κ3) is 4.01. The van der Waals surface area contributed by atoms with Crippen LogP contribution < -0.4 is 5.73 Å². The SMILES string of the molecule is CC(C)CC(N)(O)C(O)CCO. The van der Waals surface area contributed by atoms with Crippen LogP contribution in [0, 0.1) is 5.92 Å². The molecule has 0 aliphatic heterocycles. The smallest absolute Gasteiger partial charge is 0.139 e. The van der Waals surface area contributed by atoms with Crippen molar-refractivity contribution in [3.8, 4) is 0 Å². The minimum atomic E-state index is -1.57. The summed E-state index contributed by atoms with van der Waals surface area (Å²) in [5.41, 5.74) is 3.87. The molecule has 12 heavy (non-hydrogen) atoms. The number of rotatable bonds is 5. The Labute approximate surface area is 73.0 Å². The van der Waals surface area contributed by atoms with Crippen LogP contribution in [0.25, 0.3) is 0 Å². The number of nitrogens with two attached hydrogens (primary N) is 1. The molecule has 2 atom stereocenters. The predicted octanol–water partition coefficient (Wildman–Crippen LogP) is -0.577. The highest BCUT2D eigenvalue weighted by Crippen LogP contribution is 2.16. The van der Waals surface area contributed by atoms with Gasteiger partial charge in [0.1, 0.15) is 5.72 Å². The third-order valence-corrected chi connectivity index (χ3v) is 1.71. The molecule has 4 nitrogen and oxygen atoms in total. The van der Waals surface area contributed by atoms with Crippen LogP contribution in [0.15, 0.2) is 0 Å². The summed E-state index contributed by atoms with van der Waals surface area (Å²) in [6, 6.07) is 0. The first-order valence-electron chi connectivity index (χ1n) is 4.20. The highest BCUT2D eigenvalue weighted by molar-refractivity contribution is 4.80. The van der Waals surface area contributed by atoms with Crippen molar-refractivity contribution in [2.75, 3.05) is 6.61 Å². The lowest BCUT2D eigenvalue weighted by Crippen LogP contribution is -2.52. The predicted molar refractivity (Wildman–Crippen MR) is 46.3 cm³/mol. The van der Waals surface area contributed by atoms with Gasteiger partial charge in [0.25, 0.3) is 0 Å². The van der Waals surface area contributed by atoms with Crippen LogP contribution in [-0.2, 0) is 0 Å². The maximum Gasteiger partial charge on any atom is 0.139 e. The minimum absolute atomic E-state index is 0.111. The molecule has 74 valence electrons. The van der Waals surface area contributed by atoms with Crippen molar-refractivity contribution in [3.63, 3.8) is 0 Å². The largest absolute Gasteiger partial charge is 0.396 e. The van der Waals surface area contributed by atoms with E-state index < -0.39 is 11.8 Å². The molecule has 0 aliphatic rings. The van der Waals surface area contributed by atoms with Crippen LogP contribution >= 0.6 is 0 Å². The fraction of sp³-hybridized carbons (Fsp3) is 1.00. The molecular weight excluding hydrogens is 158 g/mol. The van der Waals surface area contributed by atoms with Crippen LogP contribution in [0.4, 0.5) is 0 Å². The summed E-state index contributed by atoms with van der Waals surface area (Å²) >= 11 is 0. The number of hydrogen-bond acceptors (Lipinski definition) is 4. The summed E-state index contributed by atoms with van der Waals surface area (Å²) in [6.07, 6.45) is -0.613. The highest BCUT2D eigenvalue weighted by atomic mass is 16.4. The Balaban J connectivity index is 3.99. The van der Waals surface area contributed by atoms with E-state index in [2.05, 4.69) is 0 Å². The number of hydrogen-bond donors (Lipinski definition) is 4. The molecule has 0 heterocycles. The maximum atomic E-state index is 9.50. The number of aliphatic hydroxyl groups excluding tert-OH is 2. The van der Waals surface area contributed by atoms with Crippen molar-refractivity contribution >= 4 is 0 Å². The standard InChI is InChI=1S/C8H19NO3/c1-6(2)5-8(9,12)7(11)3-4-10/h6-7,10-12H,3-5,9H2,1-2H3. The Hall–Kier alpha value is -0.160. The molecular formula is C8H19NO3. The van der Waals surface area contributed by atoms with Crippen LogP contribution in [0.5, 0.6) is 0 Å². The van der Waals surface area contributed by atoms with Gasteiger partial charge in [0.15, 0.2) is 0 Å². The molecule has 0 spiro atoms. The Morgan fingerprint density at radius 1 is 1.42 bits per heavy atom. The Morgan fingerprint density at radius 2 is 1.92 bits per heavy atom. The third-order valence-electron chi connectivity index (χ3n) is 1.71. The topological polar surface area (TPSA) is 86.7 Å². The summed E-state index contributed by atoms with van der Waals surface area (Å²) < 4.78 is 0. The normalized spacial score (nSPS) is 19.2. The summed E-state index contributed by atoms with van der Waals surface area (Å²) in [5, 5.41) is 27.3. The zero-order valence-corrected chi connectivity index (χ0v) is 7.70. The van der Waals surface area contributed by atoms with E-state index in [1.807, 2.05) is 13.8 Å². The molecule has 0 aromatic heterocycles. The average Bonchev–Trinajstić information content (AvgIpc) is 1.85. The maximum absolute atomic E-state index is 9.50. The lowest BCUT2D eigenvalue weighted by molar-refractivity contribution is -0.0901. The first kappa shape index (κ1) is 11.8. The van der Waals surface area contributed by atoms with E-state index in [9.17, 15) is 10.2 Å².